The molecule has 1 aliphatic rings. The van der Waals surface area contributed by atoms with Gasteiger partial charge < -0.3 is 10.1 Å². The summed E-state index contributed by atoms with van der Waals surface area (Å²) in [5.41, 5.74) is 1.60. The van der Waals surface area contributed by atoms with Gasteiger partial charge in [0.2, 0.25) is 0 Å². The summed E-state index contributed by atoms with van der Waals surface area (Å²) in [6.07, 6.45) is 4.93. The molecule has 0 unspecified atom stereocenters. The lowest BCUT2D eigenvalue weighted by Gasteiger charge is -2.14. The molecule has 0 spiro atoms. The van der Waals surface area contributed by atoms with Crippen molar-refractivity contribution in [3.05, 3.63) is 95.9 Å². The van der Waals surface area contributed by atoms with Crippen LogP contribution in [0.4, 0.5) is 11.4 Å². The van der Waals surface area contributed by atoms with E-state index >= 15 is 0 Å². The van der Waals surface area contributed by atoms with E-state index in [1.165, 1.54) is 24.4 Å². The number of imide groups is 1. The van der Waals surface area contributed by atoms with Gasteiger partial charge in [0.15, 0.2) is 5.82 Å². The van der Waals surface area contributed by atoms with Crippen molar-refractivity contribution >= 4 is 29.1 Å². The molecule has 0 bridgehead atoms. The Morgan fingerprint density at radius 3 is 2.47 bits per heavy atom. The Morgan fingerprint density at radius 2 is 1.79 bits per heavy atom. The van der Waals surface area contributed by atoms with Crippen molar-refractivity contribution in [3.8, 4) is 11.6 Å². The lowest BCUT2D eigenvalue weighted by molar-refractivity contribution is 0.0925. The maximum absolute atomic E-state index is 13.0. The topological polar surface area (TPSA) is 106 Å². The number of hydrogen-bond donors (Lipinski definition) is 1. The van der Waals surface area contributed by atoms with Gasteiger partial charge in [-0.15, -0.1) is 0 Å². The van der Waals surface area contributed by atoms with E-state index in [1.54, 1.807) is 59.5 Å². The third-order valence-electron chi connectivity index (χ3n) is 5.30. The molecule has 9 nitrogen and oxygen atoms in total. The van der Waals surface area contributed by atoms with Crippen molar-refractivity contribution in [2.24, 2.45) is 0 Å². The third-order valence-corrected chi connectivity index (χ3v) is 5.30. The molecule has 1 aliphatic heterocycles. The normalized spacial score (nSPS) is 12.6. The molecule has 0 aliphatic carbocycles. The molecular formula is C25H19N5O4. The number of aromatic nitrogens is 3. The Hall–Kier alpha value is -4.79. The lowest BCUT2D eigenvalue weighted by Crippen LogP contribution is -2.29. The number of carbonyl (C=O) groups excluding carboxylic acids is 3. The zero-order chi connectivity index (χ0) is 23.7. The van der Waals surface area contributed by atoms with Crippen LogP contribution in [0.1, 0.15) is 38.0 Å². The van der Waals surface area contributed by atoms with Crippen LogP contribution in [0.5, 0.6) is 5.75 Å². The zero-order valence-corrected chi connectivity index (χ0v) is 18.1. The van der Waals surface area contributed by atoms with Crippen LogP contribution in [-0.2, 0) is 0 Å². The van der Waals surface area contributed by atoms with E-state index in [4.69, 9.17) is 4.74 Å². The van der Waals surface area contributed by atoms with Crippen molar-refractivity contribution in [1.29, 1.82) is 0 Å². The number of pyridine rings is 1. The van der Waals surface area contributed by atoms with Crippen LogP contribution in [0, 0.1) is 0 Å². The number of fused-ring (bicyclic) bond motifs is 1. The van der Waals surface area contributed by atoms with Gasteiger partial charge in [0.25, 0.3) is 17.7 Å². The standard InChI is InChI=1S/C25H19N5O4/c1-2-34-19-8-6-18(7-9-19)30-24(32)20-10-4-16(14-21(20)25(30)33)23(31)28-17-5-11-22(26-15-17)29-13-3-12-27-29/h3-15H,2H2,1H3,(H,28,31). The maximum Gasteiger partial charge on any atom is 0.266 e. The predicted octanol–water partition coefficient (Wildman–Crippen LogP) is 3.72. The number of hydrogen-bond acceptors (Lipinski definition) is 6. The van der Waals surface area contributed by atoms with Crippen molar-refractivity contribution in [2.75, 3.05) is 16.8 Å². The van der Waals surface area contributed by atoms with Gasteiger partial charge in [0.05, 0.1) is 35.3 Å². The smallest absolute Gasteiger partial charge is 0.266 e. The van der Waals surface area contributed by atoms with Crippen molar-refractivity contribution < 1.29 is 19.1 Å². The van der Waals surface area contributed by atoms with Crippen LogP contribution in [0.3, 0.4) is 0 Å². The Balaban J connectivity index is 1.34. The van der Waals surface area contributed by atoms with Crippen LogP contribution in [0.15, 0.2) is 79.3 Å². The Kier molecular flexibility index (Phi) is 5.35. The summed E-state index contributed by atoms with van der Waals surface area (Å²) < 4.78 is 7.02. The first-order valence-electron chi connectivity index (χ1n) is 10.6. The third kappa shape index (κ3) is 3.79. The van der Waals surface area contributed by atoms with Crippen LogP contribution in [0.2, 0.25) is 0 Å². The second kappa shape index (κ2) is 8.62. The minimum absolute atomic E-state index is 0.179. The molecular weight excluding hydrogens is 434 g/mol. The van der Waals surface area contributed by atoms with Gasteiger partial charge in [-0.3, -0.25) is 14.4 Å². The van der Waals surface area contributed by atoms with E-state index in [9.17, 15) is 14.4 Å². The minimum Gasteiger partial charge on any atom is -0.494 e. The molecule has 0 atom stereocenters. The Morgan fingerprint density at radius 1 is 1.00 bits per heavy atom. The SMILES string of the molecule is CCOc1ccc(N2C(=O)c3ccc(C(=O)Nc4ccc(-n5cccn5)nc4)cc3C2=O)cc1. The van der Waals surface area contributed by atoms with Gasteiger partial charge in [0, 0.05) is 18.0 Å². The lowest BCUT2D eigenvalue weighted by atomic mass is 10.1. The maximum atomic E-state index is 13.0. The summed E-state index contributed by atoms with van der Waals surface area (Å²) in [5, 5.41) is 6.86. The fourth-order valence-corrected chi connectivity index (χ4v) is 3.68. The molecule has 168 valence electrons. The molecule has 2 aromatic heterocycles. The molecule has 3 amide bonds. The average molecular weight is 453 g/mol. The minimum atomic E-state index is -0.482. The van der Waals surface area contributed by atoms with Crippen LogP contribution in [0.25, 0.3) is 5.82 Å². The molecule has 0 saturated carbocycles. The number of benzene rings is 2. The van der Waals surface area contributed by atoms with E-state index in [0.29, 0.717) is 29.5 Å². The summed E-state index contributed by atoms with van der Waals surface area (Å²) in [6.45, 7) is 2.39. The quantitative estimate of drug-likeness (QED) is 0.446. The second-order valence-corrected chi connectivity index (χ2v) is 7.44. The van der Waals surface area contributed by atoms with Gasteiger partial charge in [-0.1, -0.05) is 0 Å². The first kappa shape index (κ1) is 21.1. The summed E-state index contributed by atoms with van der Waals surface area (Å²) >= 11 is 0. The first-order valence-corrected chi connectivity index (χ1v) is 10.6. The van der Waals surface area contributed by atoms with Crippen molar-refractivity contribution in [1.82, 2.24) is 14.8 Å². The second-order valence-electron chi connectivity index (χ2n) is 7.44. The summed E-state index contributed by atoms with van der Waals surface area (Å²) in [7, 11) is 0. The van der Waals surface area contributed by atoms with E-state index in [-0.39, 0.29) is 16.7 Å². The highest BCUT2D eigenvalue weighted by atomic mass is 16.5. The number of nitrogens with zero attached hydrogens (tertiary/aromatic N) is 4. The Labute approximate surface area is 194 Å². The number of ether oxygens (including phenoxy) is 1. The molecule has 4 aromatic rings. The van der Waals surface area contributed by atoms with Gasteiger partial charge in [-0.2, -0.15) is 5.10 Å². The monoisotopic (exact) mass is 453 g/mol. The fourth-order valence-electron chi connectivity index (χ4n) is 3.68. The van der Waals surface area contributed by atoms with Crippen molar-refractivity contribution in [2.45, 2.75) is 6.92 Å². The highest BCUT2D eigenvalue weighted by molar-refractivity contribution is 6.34. The number of amides is 3. The fraction of sp³-hybridized carbons (Fsp3) is 0.0800. The highest BCUT2D eigenvalue weighted by Gasteiger charge is 2.37. The molecule has 1 N–H and O–H groups in total. The number of rotatable bonds is 6. The van der Waals surface area contributed by atoms with E-state index in [2.05, 4.69) is 15.4 Å². The molecule has 2 aromatic carbocycles. The van der Waals surface area contributed by atoms with Gasteiger partial charge in [0.1, 0.15) is 5.75 Å². The van der Waals surface area contributed by atoms with E-state index in [0.717, 1.165) is 4.90 Å². The van der Waals surface area contributed by atoms with Crippen LogP contribution in [-0.4, -0.2) is 39.1 Å². The van der Waals surface area contributed by atoms with Crippen LogP contribution >= 0.6 is 0 Å². The molecule has 9 heteroatoms. The molecule has 5 rings (SSSR count). The molecule has 0 radical (unpaired) electrons. The molecule has 0 saturated heterocycles. The van der Waals surface area contributed by atoms with Crippen molar-refractivity contribution in [3.63, 3.8) is 0 Å². The Bertz CT molecular complexity index is 1380. The molecule has 34 heavy (non-hydrogen) atoms. The number of nitrogens with one attached hydrogen (secondary N) is 1. The number of anilines is 2. The molecule has 0 fully saturated rings. The van der Waals surface area contributed by atoms with Gasteiger partial charge in [-0.05, 0) is 67.6 Å². The largest absolute Gasteiger partial charge is 0.494 e. The van der Waals surface area contributed by atoms with E-state index in [1.807, 2.05) is 6.92 Å². The zero-order valence-electron chi connectivity index (χ0n) is 18.1. The van der Waals surface area contributed by atoms with Gasteiger partial charge >= 0.3 is 0 Å². The van der Waals surface area contributed by atoms with E-state index < -0.39 is 17.7 Å². The first-order chi connectivity index (χ1) is 16.5. The predicted molar refractivity (Wildman–Crippen MR) is 125 cm³/mol. The summed E-state index contributed by atoms with van der Waals surface area (Å²) in [4.78, 5) is 44.1. The summed E-state index contributed by atoms with van der Waals surface area (Å²) in [6, 6.07) is 16.4. The summed E-state index contributed by atoms with van der Waals surface area (Å²) in [5.74, 6) is -0.0808. The number of carbonyl (C=O) groups is 3. The molecule has 3 heterocycles. The highest BCUT2D eigenvalue weighted by Crippen LogP contribution is 2.30. The van der Waals surface area contributed by atoms with Gasteiger partial charge in [-0.25, -0.2) is 14.6 Å². The van der Waals surface area contributed by atoms with Crippen LogP contribution < -0.4 is 15.0 Å². The average Bonchev–Trinajstić information content (AvgIpc) is 3.48.